The standard InChI is InChI=1S/C20H24ClN3O3/c1-20(2,3)27-19(25)24-10-11-26-17(13-24)14-4-7-16(8-5-14)23-18-9-6-15(21)12-22-18/h4-9,12,17H,10-11,13H2,1-3H3,(H,22,23)/t17-/m1/s1. The second kappa shape index (κ2) is 8.15. The Morgan fingerprint density at radius 1 is 1.26 bits per heavy atom. The summed E-state index contributed by atoms with van der Waals surface area (Å²) in [5, 5.41) is 3.82. The molecule has 6 nitrogen and oxygen atoms in total. The Hall–Kier alpha value is -2.31. The molecule has 0 saturated carbocycles. The fourth-order valence-electron chi connectivity index (χ4n) is 2.72. The zero-order chi connectivity index (χ0) is 19.4. The number of nitrogens with one attached hydrogen (secondary N) is 1. The van der Waals surface area contributed by atoms with Crippen molar-refractivity contribution in [3.8, 4) is 0 Å². The number of rotatable bonds is 3. The SMILES string of the molecule is CC(C)(C)OC(=O)N1CCO[C@@H](c2ccc(Nc3ccc(Cl)cn3)cc2)C1. The maximum absolute atomic E-state index is 12.3. The molecule has 1 aliphatic heterocycles. The Labute approximate surface area is 164 Å². The van der Waals surface area contributed by atoms with Gasteiger partial charge in [0.15, 0.2) is 0 Å². The lowest BCUT2D eigenvalue weighted by Crippen LogP contribution is -2.44. The van der Waals surface area contributed by atoms with E-state index in [4.69, 9.17) is 21.1 Å². The number of halogens is 1. The van der Waals surface area contributed by atoms with Crippen molar-refractivity contribution in [2.75, 3.05) is 25.0 Å². The smallest absolute Gasteiger partial charge is 0.410 e. The summed E-state index contributed by atoms with van der Waals surface area (Å²) in [5.74, 6) is 0.720. The van der Waals surface area contributed by atoms with E-state index in [9.17, 15) is 4.79 Å². The predicted octanol–water partition coefficient (Wildman–Crippen LogP) is 4.79. The summed E-state index contributed by atoms with van der Waals surface area (Å²) >= 11 is 5.85. The largest absolute Gasteiger partial charge is 0.444 e. The normalized spacial score (nSPS) is 17.5. The molecule has 0 spiro atoms. The van der Waals surface area contributed by atoms with Gasteiger partial charge in [0.2, 0.25) is 0 Å². The Bertz CT molecular complexity index is 773. The van der Waals surface area contributed by atoms with E-state index in [1.54, 1.807) is 17.2 Å². The van der Waals surface area contributed by atoms with Gasteiger partial charge in [-0.3, -0.25) is 0 Å². The number of hydrogen-bond donors (Lipinski definition) is 1. The van der Waals surface area contributed by atoms with Crippen molar-refractivity contribution >= 4 is 29.2 Å². The molecule has 1 aliphatic rings. The van der Waals surface area contributed by atoms with Gasteiger partial charge < -0.3 is 19.7 Å². The Morgan fingerprint density at radius 3 is 2.63 bits per heavy atom. The zero-order valence-electron chi connectivity index (χ0n) is 15.7. The van der Waals surface area contributed by atoms with Crippen LogP contribution in [0.2, 0.25) is 5.02 Å². The van der Waals surface area contributed by atoms with Crippen LogP contribution in [-0.2, 0) is 9.47 Å². The van der Waals surface area contributed by atoms with Crippen LogP contribution in [-0.4, -0.2) is 41.3 Å². The monoisotopic (exact) mass is 389 g/mol. The fraction of sp³-hybridized carbons (Fsp3) is 0.400. The summed E-state index contributed by atoms with van der Waals surface area (Å²) < 4.78 is 11.3. The van der Waals surface area contributed by atoms with E-state index in [2.05, 4.69) is 10.3 Å². The van der Waals surface area contributed by atoms with Crippen molar-refractivity contribution in [2.45, 2.75) is 32.5 Å². The molecule has 144 valence electrons. The summed E-state index contributed by atoms with van der Waals surface area (Å²) in [5.41, 5.74) is 1.42. The summed E-state index contributed by atoms with van der Waals surface area (Å²) in [7, 11) is 0. The van der Waals surface area contributed by atoms with Gasteiger partial charge in [-0.15, -0.1) is 0 Å². The lowest BCUT2D eigenvalue weighted by atomic mass is 10.1. The number of morpholine rings is 1. The topological polar surface area (TPSA) is 63.7 Å². The number of nitrogens with zero attached hydrogens (tertiary/aromatic N) is 2. The predicted molar refractivity (Wildman–Crippen MR) is 105 cm³/mol. The second-order valence-electron chi connectivity index (χ2n) is 7.39. The van der Waals surface area contributed by atoms with Gasteiger partial charge in [0, 0.05) is 18.4 Å². The highest BCUT2D eigenvalue weighted by atomic mass is 35.5. The van der Waals surface area contributed by atoms with E-state index in [1.165, 1.54) is 0 Å². The van der Waals surface area contributed by atoms with E-state index < -0.39 is 5.60 Å². The van der Waals surface area contributed by atoms with E-state index in [0.29, 0.717) is 24.7 Å². The maximum Gasteiger partial charge on any atom is 0.410 e. The van der Waals surface area contributed by atoms with Gasteiger partial charge in [0.25, 0.3) is 0 Å². The molecule has 1 saturated heterocycles. The first-order valence-electron chi connectivity index (χ1n) is 8.88. The van der Waals surface area contributed by atoms with E-state index in [1.807, 2.05) is 51.1 Å². The molecule has 7 heteroatoms. The van der Waals surface area contributed by atoms with Gasteiger partial charge in [0.1, 0.15) is 17.5 Å². The van der Waals surface area contributed by atoms with E-state index in [-0.39, 0.29) is 12.2 Å². The average molecular weight is 390 g/mol. The summed E-state index contributed by atoms with van der Waals surface area (Å²) in [6.45, 7) is 7.09. The van der Waals surface area contributed by atoms with Crippen LogP contribution in [0.25, 0.3) is 0 Å². The van der Waals surface area contributed by atoms with Gasteiger partial charge in [0.05, 0.1) is 18.2 Å². The third-order valence-corrected chi connectivity index (χ3v) is 4.22. The molecule has 0 aliphatic carbocycles. The first kappa shape index (κ1) is 19.5. The minimum Gasteiger partial charge on any atom is -0.444 e. The number of benzene rings is 1. The number of aromatic nitrogens is 1. The van der Waals surface area contributed by atoms with Crippen LogP contribution < -0.4 is 5.32 Å². The van der Waals surface area contributed by atoms with Crippen molar-refractivity contribution in [2.24, 2.45) is 0 Å². The average Bonchev–Trinajstić information content (AvgIpc) is 2.63. The summed E-state index contributed by atoms with van der Waals surface area (Å²) in [6, 6.07) is 11.5. The first-order valence-corrected chi connectivity index (χ1v) is 9.26. The number of anilines is 2. The number of pyridine rings is 1. The Kier molecular flexibility index (Phi) is 5.87. The van der Waals surface area contributed by atoms with Crippen molar-refractivity contribution in [1.82, 2.24) is 9.88 Å². The second-order valence-corrected chi connectivity index (χ2v) is 7.83. The Balaban J connectivity index is 1.62. The Morgan fingerprint density at radius 2 is 2.00 bits per heavy atom. The van der Waals surface area contributed by atoms with Crippen molar-refractivity contribution in [3.05, 3.63) is 53.2 Å². The maximum atomic E-state index is 12.3. The fourth-order valence-corrected chi connectivity index (χ4v) is 2.83. The van der Waals surface area contributed by atoms with Crippen LogP contribution in [0.4, 0.5) is 16.3 Å². The highest BCUT2D eigenvalue weighted by molar-refractivity contribution is 6.30. The minimum absolute atomic E-state index is 0.172. The van der Waals surface area contributed by atoms with Gasteiger partial charge in [-0.05, 0) is 50.6 Å². The minimum atomic E-state index is -0.506. The van der Waals surface area contributed by atoms with Gasteiger partial charge in [-0.2, -0.15) is 0 Å². The van der Waals surface area contributed by atoms with Crippen molar-refractivity contribution in [1.29, 1.82) is 0 Å². The van der Waals surface area contributed by atoms with Crippen LogP contribution in [0.1, 0.15) is 32.4 Å². The van der Waals surface area contributed by atoms with Crippen LogP contribution >= 0.6 is 11.6 Å². The third kappa shape index (κ3) is 5.58. The molecular formula is C20H24ClN3O3. The van der Waals surface area contributed by atoms with Gasteiger partial charge in [-0.1, -0.05) is 23.7 Å². The molecule has 2 aromatic rings. The van der Waals surface area contributed by atoms with E-state index >= 15 is 0 Å². The molecule has 1 N–H and O–H groups in total. The number of hydrogen-bond acceptors (Lipinski definition) is 5. The molecule has 1 amide bonds. The number of amides is 1. The molecule has 1 atom stereocenters. The van der Waals surface area contributed by atoms with Crippen LogP contribution in [0, 0.1) is 0 Å². The number of ether oxygens (including phenoxy) is 2. The number of carbonyl (C=O) groups is 1. The molecule has 0 bridgehead atoms. The molecular weight excluding hydrogens is 366 g/mol. The third-order valence-electron chi connectivity index (χ3n) is 4.00. The summed E-state index contributed by atoms with van der Waals surface area (Å²) in [4.78, 5) is 18.2. The first-order chi connectivity index (χ1) is 12.8. The summed E-state index contributed by atoms with van der Waals surface area (Å²) in [6.07, 6.45) is 1.12. The van der Waals surface area contributed by atoms with Crippen LogP contribution in [0.3, 0.4) is 0 Å². The molecule has 1 aromatic heterocycles. The highest BCUT2D eigenvalue weighted by Gasteiger charge is 2.28. The molecule has 1 aromatic carbocycles. The quantitative estimate of drug-likeness (QED) is 0.817. The van der Waals surface area contributed by atoms with Crippen LogP contribution in [0.5, 0.6) is 0 Å². The van der Waals surface area contributed by atoms with Gasteiger partial charge >= 0.3 is 6.09 Å². The number of carbonyl (C=O) groups excluding carboxylic acids is 1. The molecule has 27 heavy (non-hydrogen) atoms. The zero-order valence-corrected chi connectivity index (χ0v) is 16.5. The molecule has 0 radical (unpaired) electrons. The molecule has 3 rings (SSSR count). The van der Waals surface area contributed by atoms with Crippen molar-refractivity contribution in [3.63, 3.8) is 0 Å². The highest BCUT2D eigenvalue weighted by Crippen LogP contribution is 2.25. The van der Waals surface area contributed by atoms with Crippen molar-refractivity contribution < 1.29 is 14.3 Å². The molecule has 1 fully saturated rings. The van der Waals surface area contributed by atoms with Crippen LogP contribution in [0.15, 0.2) is 42.6 Å². The lowest BCUT2D eigenvalue weighted by molar-refractivity contribution is -0.0432. The lowest BCUT2D eigenvalue weighted by Gasteiger charge is -2.34. The van der Waals surface area contributed by atoms with Gasteiger partial charge in [-0.25, -0.2) is 9.78 Å². The van der Waals surface area contributed by atoms with E-state index in [0.717, 1.165) is 17.1 Å². The molecule has 0 unspecified atom stereocenters. The molecule has 2 heterocycles.